The van der Waals surface area contributed by atoms with Crippen LogP contribution < -0.4 is 35.5 Å². The third-order valence-electron chi connectivity index (χ3n) is 14.7. The number of likely N-dealkylation sites (tertiary alicyclic amines) is 1. The first kappa shape index (κ1) is 65.9. The Morgan fingerprint density at radius 1 is 0.802 bits per heavy atom. The summed E-state index contributed by atoms with van der Waals surface area (Å²) < 4.78 is 58.0. The molecular weight excluding hydrogens is 1120 g/mol. The van der Waals surface area contributed by atoms with Gasteiger partial charge in [-0.2, -0.15) is 0 Å². The van der Waals surface area contributed by atoms with Gasteiger partial charge in [-0.3, -0.25) is 29.0 Å². The van der Waals surface area contributed by atoms with Crippen molar-refractivity contribution in [3.05, 3.63) is 120 Å². The van der Waals surface area contributed by atoms with Crippen LogP contribution in [0.4, 0.5) is 20.2 Å². The third kappa shape index (κ3) is 18.7. The molecule has 8 rings (SSSR count). The Hall–Kier alpha value is -7.59. The molecule has 6 aromatic rings. The number of nitrogens with zero attached hydrogens (tertiary/aromatic N) is 3. The lowest BCUT2D eigenvalue weighted by molar-refractivity contribution is -0.144. The Morgan fingerprint density at radius 3 is 2.07 bits per heavy atom. The van der Waals surface area contributed by atoms with E-state index in [4.69, 9.17) is 28.8 Å². The molecule has 86 heavy (non-hydrogen) atoms. The predicted molar refractivity (Wildman–Crippen MR) is 336 cm³/mol. The number of hydrogen-bond donors (Lipinski definition) is 5. The van der Waals surface area contributed by atoms with Gasteiger partial charge >= 0.3 is 0 Å². The van der Waals surface area contributed by atoms with E-state index in [-0.39, 0.29) is 35.6 Å². The van der Waals surface area contributed by atoms with Gasteiger partial charge in [0.05, 0.1) is 40.9 Å². The highest BCUT2D eigenvalue weighted by Gasteiger charge is 2.56. The van der Waals surface area contributed by atoms with Gasteiger partial charge in [0.15, 0.2) is 23.1 Å². The van der Waals surface area contributed by atoms with Crippen LogP contribution in [0.2, 0.25) is 0 Å². The molecule has 2 aromatic heterocycles. The van der Waals surface area contributed by atoms with Crippen LogP contribution in [0.25, 0.3) is 21.3 Å². The number of carbonyl (C=O) groups is 5. The van der Waals surface area contributed by atoms with Crippen molar-refractivity contribution in [1.82, 2.24) is 25.5 Å². The molecule has 1 saturated carbocycles. The lowest BCUT2D eigenvalue weighted by Gasteiger charge is -2.35. The monoisotopic (exact) mass is 1210 g/mol. The Balaban J connectivity index is 0.00000181. The van der Waals surface area contributed by atoms with Crippen LogP contribution >= 0.6 is 11.3 Å². The summed E-state index contributed by atoms with van der Waals surface area (Å²) in [4.78, 5) is 78.1. The van der Waals surface area contributed by atoms with Crippen molar-refractivity contribution in [2.75, 3.05) is 57.3 Å². The minimum atomic E-state index is -1.32. The Morgan fingerprint density at radius 2 is 1.47 bits per heavy atom. The number of aromatic nitrogens is 2. The molecule has 1 aliphatic carbocycles. The zero-order chi connectivity index (χ0) is 62.0. The zero-order valence-corrected chi connectivity index (χ0v) is 51.3. The molecular formula is C65H89F2N7O11S. The van der Waals surface area contributed by atoms with Crippen LogP contribution in [0.1, 0.15) is 123 Å². The fourth-order valence-corrected chi connectivity index (χ4v) is 10.6. The molecule has 0 bridgehead atoms. The Labute approximate surface area is 512 Å². The molecule has 2 aliphatic rings. The summed E-state index contributed by atoms with van der Waals surface area (Å²) in [5, 5.41) is 20.7. The highest BCUT2D eigenvalue weighted by Crippen LogP contribution is 2.48. The largest absolute Gasteiger partial charge is 0.493 e. The number of rotatable bonds is 28. The molecule has 470 valence electrons. The van der Waals surface area contributed by atoms with Gasteiger partial charge in [0, 0.05) is 73.7 Å². The molecule has 3 heterocycles. The molecule has 18 nitrogen and oxygen atoms in total. The van der Waals surface area contributed by atoms with Crippen LogP contribution in [0.5, 0.6) is 23.0 Å². The predicted octanol–water partition coefficient (Wildman–Crippen LogP) is 12.5. The number of benzene rings is 4. The molecule has 1 saturated heterocycles. The number of fused-ring (bicyclic) bond motifs is 1. The minimum absolute atomic E-state index is 0. The average Bonchev–Trinajstić information content (AvgIpc) is 1.70. The third-order valence-corrected chi connectivity index (χ3v) is 15.6. The number of aliphatic hydroxyl groups is 1. The molecule has 21 heteroatoms. The van der Waals surface area contributed by atoms with Crippen molar-refractivity contribution in [1.29, 1.82) is 0 Å². The maximum Gasteiger partial charge on any atom is 0.246 e. The number of anilines is 2. The van der Waals surface area contributed by atoms with Crippen LogP contribution in [0.15, 0.2) is 96.6 Å². The van der Waals surface area contributed by atoms with E-state index in [9.17, 15) is 28.4 Å². The van der Waals surface area contributed by atoms with Gasteiger partial charge < -0.3 is 55.0 Å². The van der Waals surface area contributed by atoms with Crippen molar-refractivity contribution >= 4 is 63.2 Å². The summed E-state index contributed by atoms with van der Waals surface area (Å²) in [6.45, 7) is 15.7. The van der Waals surface area contributed by atoms with Crippen molar-refractivity contribution in [3.8, 4) is 33.4 Å². The van der Waals surface area contributed by atoms with Crippen LogP contribution in [-0.2, 0) is 40.0 Å². The second kappa shape index (κ2) is 30.7. The van der Waals surface area contributed by atoms with Crippen LogP contribution in [0, 0.1) is 29.4 Å². The van der Waals surface area contributed by atoms with Crippen molar-refractivity contribution < 1.29 is 67.3 Å². The summed E-state index contributed by atoms with van der Waals surface area (Å²) >= 11 is 1.59. The number of hydrogen-bond acceptors (Lipinski definition) is 14. The number of carbonyl (C=O) groups excluding carboxylic acids is 5. The summed E-state index contributed by atoms with van der Waals surface area (Å²) in [7, 11) is 1.51. The molecule has 0 radical (unpaired) electrons. The van der Waals surface area contributed by atoms with E-state index in [0.29, 0.717) is 112 Å². The molecule has 2 fully saturated rings. The number of ether oxygens (including phenoxy) is 5. The van der Waals surface area contributed by atoms with Gasteiger partial charge in [-0.05, 0) is 144 Å². The SMILES string of the molecule is CCCC(C)(C)O.COc1cc2c(Oc3ccc(NC(=O)C4(C(=O)Nc5ccc(F)cc5)CC4)cc3F)ccnc2cc1OCCCCOCCCCOCC(=O)N[C@H](C(=O)N1CCC[C@H]1C(=O)NCc1ccc(-c2scnc2C)cc1)C(C)(C)C.[HH].[HH].[HH].[HH]. The van der Waals surface area contributed by atoms with Crippen molar-refractivity contribution in [2.24, 2.45) is 10.8 Å². The molecule has 0 unspecified atom stereocenters. The van der Waals surface area contributed by atoms with Gasteiger partial charge in [0.1, 0.15) is 35.7 Å². The average molecular weight is 1210 g/mol. The topological polar surface area (TPSA) is 229 Å². The van der Waals surface area contributed by atoms with Crippen LogP contribution in [-0.4, -0.2) is 114 Å². The van der Waals surface area contributed by atoms with E-state index in [1.165, 1.54) is 49.7 Å². The molecule has 0 spiro atoms. The van der Waals surface area contributed by atoms with E-state index in [1.807, 2.05) is 71.3 Å². The lowest BCUT2D eigenvalue weighted by Crippen LogP contribution is -2.58. The summed E-state index contributed by atoms with van der Waals surface area (Å²) in [6, 6.07) is 20.8. The smallest absolute Gasteiger partial charge is 0.246 e. The fourth-order valence-electron chi connectivity index (χ4n) is 9.74. The standard InChI is InChI=1S/C59H67F2N7O10S.C6H14O.4H2/c1-37-52(79-36-64-37)39-14-12-38(13-15-39)34-63-54(70)46-11-10-26-68(46)55(71)53(58(2,3)4)67-51(69)35-76-29-7-6-27-75-28-8-9-30-77-50-33-45-43(32-49(50)74-5)47(22-25-62-45)78-48-21-20-42(31-44(48)61)66-57(73)59(23-24-59)56(72)65-41-18-16-40(60)17-19-41;1-4-5-6(2,3)7;;;;/h12-22,25,31-33,36,46,53H,6-11,23-24,26-30,34-35H2,1-5H3,(H,63,70)(H,65,72)(H,66,73)(H,67,69);7H,4-5H2,1-3H3;4*1H/t46-,53+;;;;;/m0...../s1. The van der Waals surface area contributed by atoms with Crippen molar-refractivity contribution in [3.63, 3.8) is 0 Å². The van der Waals surface area contributed by atoms with E-state index < -0.39 is 57.9 Å². The minimum Gasteiger partial charge on any atom is -0.493 e. The van der Waals surface area contributed by atoms with Crippen molar-refractivity contribution in [2.45, 2.75) is 137 Å². The van der Waals surface area contributed by atoms with E-state index in [2.05, 4.69) is 38.2 Å². The second-order valence-electron chi connectivity index (χ2n) is 23.3. The Kier molecular flexibility index (Phi) is 23.5. The lowest BCUT2D eigenvalue weighted by atomic mass is 9.85. The number of pyridine rings is 1. The molecule has 5 amide bonds. The second-order valence-corrected chi connectivity index (χ2v) is 24.2. The number of halogens is 2. The van der Waals surface area contributed by atoms with E-state index in [0.717, 1.165) is 53.4 Å². The number of methoxy groups -OCH3 is 1. The highest BCUT2D eigenvalue weighted by atomic mass is 32.1. The summed E-state index contributed by atoms with van der Waals surface area (Å²) in [6.07, 6.45) is 8.19. The number of thiazole rings is 1. The maximum atomic E-state index is 15.5. The normalized spacial score (nSPS) is 14.8. The van der Waals surface area contributed by atoms with Gasteiger partial charge in [0.25, 0.3) is 0 Å². The first-order valence-corrected chi connectivity index (χ1v) is 30.2. The quantitative estimate of drug-likeness (QED) is 0.0228. The zero-order valence-electron chi connectivity index (χ0n) is 50.4. The van der Waals surface area contributed by atoms with Gasteiger partial charge in [0.2, 0.25) is 29.5 Å². The van der Waals surface area contributed by atoms with E-state index >= 15 is 4.39 Å². The van der Waals surface area contributed by atoms with Gasteiger partial charge in [-0.15, -0.1) is 11.3 Å². The highest BCUT2D eigenvalue weighted by molar-refractivity contribution is 7.13. The van der Waals surface area contributed by atoms with E-state index in [1.54, 1.807) is 34.4 Å². The fraction of sp³-hybridized carbons (Fsp3) is 0.462. The summed E-state index contributed by atoms with van der Waals surface area (Å²) in [5.41, 5.74) is 3.47. The number of aryl methyl sites for hydroxylation is 1. The van der Waals surface area contributed by atoms with Gasteiger partial charge in [-0.1, -0.05) is 58.4 Å². The molecule has 2 atom stereocenters. The van der Waals surface area contributed by atoms with Gasteiger partial charge in [-0.25, -0.2) is 13.8 Å². The summed E-state index contributed by atoms with van der Waals surface area (Å²) in [5.74, 6) is -2.11. The molecule has 1 aliphatic heterocycles. The molecule has 5 N–H and O–H groups in total. The maximum absolute atomic E-state index is 15.5. The Bertz CT molecular complexity index is 3280. The first-order valence-electron chi connectivity index (χ1n) is 29.3. The number of unbranched alkanes of at least 4 members (excludes halogenated alkanes) is 2. The number of nitrogens with one attached hydrogen (secondary N) is 4. The first-order chi connectivity index (χ1) is 41.1. The number of amides is 5. The molecule has 4 aromatic carbocycles. The van der Waals surface area contributed by atoms with Crippen LogP contribution in [0.3, 0.4) is 0 Å².